The van der Waals surface area contributed by atoms with Crippen LogP contribution in [0.5, 0.6) is 5.75 Å². The van der Waals surface area contributed by atoms with Gasteiger partial charge in [0.2, 0.25) is 11.8 Å². The number of ether oxygens (including phenoxy) is 1. The van der Waals surface area contributed by atoms with Gasteiger partial charge in [0, 0.05) is 24.5 Å². The number of nitrogens with one attached hydrogen (secondary N) is 1. The number of benzene rings is 3. The Morgan fingerprint density at radius 3 is 2.15 bits per heavy atom. The number of hydrogen-bond acceptors (Lipinski definition) is 3. The highest BCUT2D eigenvalue weighted by molar-refractivity contribution is 6.30. The van der Waals surface area contributed by atoms with Gasteiger partial charge in [0.05, 0.1) is 13.5 Å². The fourth-order valence-corrected chi connectivity index (χ4v) is 3.78. The Bertz CT molecular complexity index is 1040. The Balaban J connectivity index is 1.93. The summed E-state index contributed by atoms with van der Waals surface area (Å²) >= 11 is 6.00. The summed E-state index contributed by atoms with van der Waals surface area (Å²) in [7, 11) is 1.61. The molecule has 33 heavy (non-hydrogen) atoms. The van der Waals surface area contributed by atoms with Gasteiger partial charge < -0.3 is 15.0 Å². The predicted molar refractivity (Wildman–Crippen MR) is 131 cm³/mol. The molecule has 172 valence electrons. The molecule has 0 aliphatic carbocycles. The number of methoxy groups -OCH3 is 1. The molecule has 0 bridgehead atoms. The molecule has 0 aliphatic rings. The van der Waals surface area contributed by atoms with Gasteiger partial charge in [-0.05, 0) is 47.9 Å². The first kappa shape index (κ1) is 24.3. The summed E-state index contributed by atoms with van der Waals surface area (Å²) in [5.74, 6) is 0.446. The smallest absolute Gasteiger partial charge is 0.243 e. The van der Waals surface area contributed by atoms with Gasteiger partial charge in [-0.2, -0.15) is 0 Å². The SMILES string of the molecule is CCNC(=O)[C@H](Cc1ccccc1)N(Cc1ccc(OC)cc1)C(=O)Cc1ccc(Cl)cc1. The van der Waals surface area contributed by atoms with Crippen LogP contribution < -0.4 is 10.1 Å². The van der Waals surface area contributed by atoms with Gasteiger partial charge in [0.15, 0.2) is 0 Å². The van der Waals surface area contributed by atoms with Crippen molar-refractivity contribution in [1.29, 1.82) is 0 Å². The monoisotopic (exact) mass is 464 g/mol. The molecule has 0 fully saturated rings. The van der Waals surface area contributed by atoms with E-state index in [1.165, 1.54) is 0 Å². The minimum absolute atomic E-state index is 0.125. The lowest BCUT2D eigenvalue weighted by atomic mass is 10.0. The van der Waals surface area contributed by atoms with Crippen molar-refractivity contribution in [1.82, 2.24) is 10.2 Å². The Labute approximate surface area is 200 Å². The molecular formula is C27H29ClN2O3. The van der Waals surface area contributed by atoms with E-state index in [2.05, 4.69) is 5.32 Å². The van der Waals surface area contributed by atoms with Crippen molar-refractivity contribution < 1.29 is 14.3 Å². The van der Waals surface area contributed by atoms with Crippen LogP contribution in [-0.2, 0) is 29.0 Å². The normalized spacial score (nSPS) is 11.5. The lowest BCUT2D eigenvalue weighted by Gasteiger charge is -2.31. The summed E-state index contributed by atoms with van der Waals surface area (Å²) < 4.78 is 5.25. The molecule has 0 aromatic heterocycles. The average Bonchev–Trinajstić information content (AvgIpc) is 2.84. The minimum atomic E-state index is -0.644. The van der Waals surface area contributed by atoms with E-state index < -0.39 is 6.04 Å². The molecular weight excluding hydrogens is 436 g/mol. The van der Waals surface area contributed by atoms with Crippen LogP contribution in [0.25, 0.3) is 0 Å². The average molecular weight is 465 g/mol. The zero-order chi connectivity index (χ0) is 23.6. The highest BCUT2D eigenvalue weighted by Crippen LogP contribution is 2.19. The van der Waals surface area contributed by atoms with Crippen LogP contribution in [0, 0.1) is 0 Å². The van der Waals surface area contributed by atoms with E-state index >= 15 is 0 Å². The first-order valence-corrected chi connectivity index (χ1v) is 11.4. The lowest BCUT2D eigenvalue weighted by molar-refractivity contribution is -0.140. The third-order valence-corrected chi connectivity index (χ3v) is 5.65. The molecule has 1 atom stereocenters. The Hall–Kier alpha value is -3.31. The van der Waals surface area contributed by atoms with Crippen LogP contribution in [0.1, 0.15) is 23.6 Å². The first-order chi connectivity index (χ1) is 16.0. The van der Waals surface area contributed by atoms with Gasteiger partial charge in [-0.3, -0.25) is 9.59 Å². The van der Waals surface area contributed by atoms with E-state index in [1.54, 1.807) is 24.1 Å². The number of rotatable bonds is 10. The fraction of sp³-hybridized carbons (Fsp3) is 0.259. The van der Waals surface area contributed by atoms with E-state index in [4.69, 9.17) is 16.3 Å². The van der Waals surface area contributed by atoms with Crippen molar-refractivity contribution in [2.75, 3.05) is 13.7 Å². The fourth-order valence-electron chi connectivity index (χ4n) is 3.65. The van der Waals surface area contributed by atoms with Crippen molar-refractivity contribution in [3.05, 3.63) is 101 Å². The predicted octanol–water partition coefficient (Wildman–Crippen LogP) is 4.67. The maximum Gasteiger partial charge on any atom is 0.243 e. The van der Waals surface area contributed by atoms with Gasteiger partial charge in [0.1, 0.15) is 11.8 Å². The molecule has 6 heteroatoms. The van der Waals surface area contributed by atoms with Crippen LogP contribution >= 0.6 is 11.6 Å². The maximum absolute atomic E-state index is 13.6. The second-order valence-corrected chi connectivity index (χ2v) is 8.21. The quantitative estimate of drug-likeness (QED) is 0.474. The molecule has 0 heterocycles. The summed E-state index contributed by atoms with van der Waals surface area (Å²) in [6.45, 7) is 2.68. The summed E-state index contributed by atoms with van der Waals surface area (Å²) in [5.41, 5.74) is 2.76. The van der Waals surface area contributed by atoms with Gasteiger partial charge in [-0.1, -0.05) is 66.2 Å². The number of carbonyl (C=O) groups excluding carboxylic acids is 2. The van der Waals surface area contributed by atoms with Crippen LogP contribution in [0.2, 0.25) is 5.02 Å². The lowest BCUT2D eigenvalue weighted by Crippen LogP contribution is -2.50. The molecule has 0 radical (unpaired) electrons. The standard InChI is InChI=1S/C27H29ClN2O3/c1-3-29-27(32)25(17-20-7-5-4-6-8-20)30(19-22-11-15-24(33-2)16-12-22)26(31)18-21-9-13-23(28)14-10-21/h4-16,25H,3,17-19H2,1-2H3,(H,29,32)/t25-/m0/s1. The molecule has 0 spiro atoms. The zero-order valence-corrected chi connectivity index (χ0v) is 19.7. The Morgan fingerprint density at radius 2 is 1.55 bits per heavy atom. The van der Waals surface area contributed by atoms with Crippen LogP contribution in [0.3, 0.4) is 0 Å². The minimum Gasteiger partial charge on any atom is -0.497 e. The second kappa shape index (κ2) is 12.1. The number of amides is 2. The highest BCUT2D eigenvalue weighted by atomic mass is 35.5. The maximum atomic E-state index is 13.6. The Morgan fingerprint density at radius 1 is 0.909 bits per heavy atom. The van der Waals surface area contributed by atoms with Crippen molar-refractivity contribution in [3.8, 4) is 5.75 Å². The van der Waals surface area contributed by atoms with Crippen LogP contribution in [0.4, 0.5) is 0 Å². The molecule has 2 amide bonds. The van der Waals surface area contributed by atoms with E-state index in [-0.39, 0.29) is 18.2 Å². The van der Waals surface area contributed by atoms with E-state index in [0.29, 0.717) is 24.5 Å². The summed E-state index contributed by atoms with van der Waals surface area (Å²) in [4.78, 5) is 28.4. The van der Waals surface area contributed by atoms with E-state index in [9.17, 15) is 9.59 Å². The number of carbonyl (C=O) groups is 2. The number of likely N-dealkylation sites (N-methyl/N-ethyl adjacent to an activating group) is 1. The first-order valence-electron chi connectivity index (χ1n) is 11.0. The van der Waals surface area contributed by atoms with Gasteiger partial charge in [-0.15, -0.1) is 0 Å². The molecule has 1 N–H and O–H groups in total. The Kier molecular flexibility index (Phi) is 8.90. The van der Waals surface area contributed by atoms with Crippen molar-refractivity contribution in [2.45, 2.75) is 32.4 Å². The van der Waals surface area contributed by atoms with Gasteiger partial charge in [0.25, 0.3) is 0 Å². The largest absolute Gasteiger partial charge is 0.497 e. The summed E-state index contributed by atoms with van der Waals surface area (Å²) in [5, 5.41) is 3.52. The van der Waals surface area contributed by atoms with Crippen LogP contribution in [0.15, 0.2) is 78.9 Å². The van der Waals surface area contributed by atoms with Gasteiger partial charge in [-0.25, -0.2) is 0 Å². The number of hydrogen-bond donors (Lipinski definition) is 1. The third-order valence-electron chi connectivity index (χ3n) is 5.40. The van der Waals surface area contributed by atoms with Gasteiger partial charge >= 0.3 is 0 Å². The molecule has 3 aromatic carbocycles. The van der Waals surface area contributed by atoms with Crippen molar-refractivity contribution in [2.24, 2.45) is 0 Å². The number of halogens is 1. The van der Waals surface area contributed by atoms with Crippen LogP contribution in [-0.4, -0.2) is 36.4 Å². The molecule has 5 nitrogen and oxygen atoms in total. The highest BCUT2D eigenvalue weighted by Gasteiger charge is 2.30. The van der Waals surface area contributed by atoms with Crippen molar-refractivity contribution in [3.63, 3.8) is 0 Å². The third kappa shape index (κ3) is 7.09. The topological polar surface area (TPSA) is 58.6 Å². The zero-order valence-electron chi connectivity index (χ0n) is 19.0. The molecule has 0 saturated carbocycles. The molecule has 3 aromatic rings. The number of nitrogens with zero attached hydrogens (tertiary/aromatic N) is 1. The molecule has 3 rings (SSSR count). The molecule has 0 aliphatic heterocycles. The second-order valence-electron chi connectivity index (χ2n) is 7.77. The van der Waals surface area contributed by atoms with E-state index in [0.717, 1.165) is 22.4 Å². The summed E-state index contributed by atoms with van der Waals surface area (Å²) in [6.07, 6.45) is 0.604. The van der Waals surface area contributed by atoms with Crippen molar-refractivity contribution >= 4 is 23.4 Å². The molecule has 0 saturated heterocycles. The summed E-state index contributed by atoms with van der Waals surface area (Å²) in [6, 6.07) is 23.9. The molecule has 0 unspecified atom stereocenters. The van der Waals surface area contributed by atoms with E-state index in [1.807, 2.05) is 73.7 Å².